The first-order valence-electron chi connectivity index (χ1n) is 9.67. The van der Waals surface area contributed by atoms with Crippen LogP contribution in [0.15, 0.2) is 42.6 Å². The summed E-state index contributed by atoms with van der Waals surface area (Å²) in [6.45, 7) is 4.34. The Kier molecular flexibility index (Phi) is 5.21. The van der Waals surface area contributed by atoms with Crippen molar-refractivity contribution in [2.45, 2.75) is 38.0 Å². The number of carbonyl (C=O) groups excluding carboxylic acids is 1. The lowest BCUT2D eigenvalue weighted by molar-refractivity contribution is -0.141. The van der Waals surface area contributed by atoms with Crippen molar-refractivity contribution in [2.24, 2.45) is 5.92 Å². The molecule has 1 aromatic heterocycles. The second kappa shape index (κ2) is 7.67. The number of hydrogen-bond donors (Lipinski definition) is 1. The summed E-state index contributed by atoms with van der Waals surface area (Å²) in [6, 6.07) is 9.03. The number of hydrogen-bond acceptors (Lipinski definition) is 4. The average molecular weight is 405 g/mol. The Morgan fingerprint density at radius 2 is 1.83 bits per heavy atom. The summed E-state index contributed by atoms with van der Waals surface area (Å²) >= 11 is 0. The molecule has 4 heterocycles. The van der Waals surface area contributed by atoms with Gasteiger partial charge in [-0.05, 0) is 69.1 Å². The topological polar surface area (TPSA) is 54.5 Å². The quantitative estimate of drug-likeness (QED) is 0.832. The second-order valence-electron chi connectivity index (χ2n) is 7.61. The number of pyridine rings is 1. The van der Waals surface area contributed by atoms with Crippen molar-refractivity contribution in [1.82, 2.24) is 15.2 Å². The van der Waals surface area contributed by atoms with E-state index < -0.39 is 11.9 Å². The molecule has 2 atom stereocenters. The van der Waals surface area contributed by atoms with Crippen LogP contribution in [0.3, 0.4) is 0 Å². The molecule has 1 aromatic carbocycles. The molecule has 8 heteroatoms. The number of aromatic nitrogens is 1. The molecule has 0 radical (unpaired) electrons. The van der Waals surface area contributed by atoms with Crippen molar-refractivity contribution in [3.05, 3.63) is 53.9 Å². The third-order valence-electron chi connectivity index (χ3n) is 5.85. The molecule has 3 aliphatic heterocycles. The first kappa shape index (κ1) is 19.7. The minimum absolute atomic E-state index is 0.0330. The van der Waals surface area contributed by atoms with Gasteiger partial charge in [0, 0.05) is 29.9 Å². The third-order valence-corrected chi connectivity index (χ3v) is 5.85. The Bertz CT molecular complexity index is 875. The molecule has 1 amide bonds. The van der Waals surface area contributed by atoms with Crippen LogP contribution in [0, 0.1) is 5.92 Å². The Hall–Kier alpha value is -2.61. The number of ether oxygens (including phenoxy) is 1. The molecule has 3 fully saturated rings. The van der Waals surface area contributed by atoms with E-state index in [0.29, 0.717) is 23.3 Å². The van der Waals surface area contributed by atoms with E-state index in [2.05, 4.69) is 22.1 Å². The van der Waals surface area contributed by atoms with Gasteiger partial charge in [0.05, 0.1) is 0 Å². The molecule has 2 aromatic rings. The Labute approximate surface area is 166 Å². The minimum Gasteiger partial charge on any atom is -0.457 e. The van der Waals surface area contributed by atoms with Crippen LogP contribution >= 0.6 is 0 Å². The summed E-state index contributed by atoms with van der Waals surface area (Å²) in [5.41, 5.74) is -0.524. The zero-order chi connectivity index (χ0) is 20.6. The molecule has 5 nitrogen and oxygen atoms in total. The van der Waals surface area contributed by atoms with Gasteiger partial charge >= 0.3 is 6.18 Å². The van der Waals surface area contributed by atoms with Crippen molar-refractivity contribution in [3.8, 4) is 11.5 Å². The van der Waals surface area contributed by atoms with E-state index in [4.69, 9.17) is 4.74 Å². The smallest absolute Gasteiger partial charge is 0.433 e. The van der Waals surface area contributed by atoms with E-state index in [1.54, 1.807) is 24.3 Å². The van der Waals surface area contributed by atoms with Crippen LogP contribution < -0.4 is 10.1 Å². The molecule has 0 aliphatic carbocycles. The molecule has 2 bridgehead atoms. The summed E-state index contributed by atoms with van der Waals surface area (Å²) < 4.78 is 43.8. The van der Waals surface area contributed by atoms with Gasteiger partial charge in [-0.25, -0.2) is 0 Å². The SMILES string of the molecule is C[C@H]1[C@H](NC(=O)c2ccc(Oc3ccnc(C(F)(F)F)c3)cc2)C2CCN1CC2. The zero-order valence-electron chi connectivity index (χ0n) is 15.9. The largest absolute Gasteiger partial charge is 0.457 e. The monoisotopic (exact) mass is 405 g/mol. The summed E-state index contributed by atoms with van der Waals surface area (Å²) in [7, 11) is 0. The number of benzene rings is 1. The number of amides is 1. The highest BCUT2D eigenvalue weighted by molar-refractivity contribution is 5.94. The van der Waals surface area contributed by atoms with Crippen LogP contribution in [0.1, 0.15) is 35.8 Å². The van der Waals surface area contributed by atoms with Crippen LogP contribution in [0.2, 0.25) is 0 Å². The highest BCUT2D eigenvalue weighted by Crippen LogP contribution is 2.33. The normalized spacial score (nSPS) is 26.2. The lowest BCUT2D eigenvalue weighted by atomic mass is 9.79. The van der Waals surface area contributed by atoms with E-state index in [-0.39, 0.29) is 17.7 Å². The number of nitrogens with one attached hydrogen (secondary N) is 1. The van der Waals surface area contributed by atoms with Gasteiger partial charge < -0.3 is 10.1 Å². The maximum atomic E-state index is 12.8. The number of alkyl halides is 3. The molecule has 154 valence electrons. The van der Waals surface area contributed by atoms with Gasteiger partial charge in [-0.3, -0.25) is 14.7 Å². The molecule has 1 N–H and O–H groups in total. The van der Waals surface area contributed by atoms with Gasteiger partial charge in [0.15, 0.2) is 0 Å². The Morgan fingerprint density at radius 1 is 1.14 bits per heavy atom. The number of rotatable bonds is 4. The van der Waals surface area contributed by atoms with Crippen LogP contribution in [-0.4, -0.2) is 41.0 Å². The Balaban J connectivity index is 1.41. The van der Waals surface area contributed by atoms with Crippen molar-refractivity contribution in [2.75, 3.05) is 13.1 Å². The highest BCUT2D eigenvalue weighted by atomic mass is 19.4. The fourth-order valence-corrected chi connectivity index (χ4v) is 4.22. The molecule has 5 rings (SSSR count). The Morgan fingerprint density at radius 3 is 2.45 bits per heavy atom. The second-order valence-corrected chi connectivity index (χ2v) is 7.61. The van der Waals surface area contributed by atoms with Gasteiger partial charge in [-0.1, -0.05) is 0 Å². The summed E-state index contributed by atoms with van der Waals surface area (Å²) in [6.07, 6.45) is -1.27. The summed E-state index contributed by atoms with van der Waals surface area (Å²) in [5.74, 6) is 0.740. The first-order chi connectivity index (χ1) is 13.8. The van der Waals surface area contributed by atoms with E-state index in [1.165, 1.54) is 6.07 Å². The van der Waals surface area contributed by atoms with Crippen LogP contribution in [0.4, 0.5) is 13.2 Å². The zero-order valence-corrected chi connectivity index (χ0v) is 15.9. The molecule has 0 spiro atoms. The molecule has 3 aliphatic rings. The maximum absolute atomic E-state index is 12.8. The van der Waals surface area contributed by atoms with Crippen molar-refractivity contribution < 1.29 is 22.7 Å². The highest BCUT2D eigenvalue weighted by Gasteiger charge is 2.40. The fourth-order valence-electron chi connectivity index (χ4n) is 4.22. The van der Waals surface area contributed by atoms with E-state index >= 15 is 0 Å². The van der Waals surface area contributed by atoms with Gasteiger partial charge in [-0.2, -0.15) is 13.2 Å². The number of halogens is 3. The van der Waals surface area contributed by atoms with E-state index in [0.717, 1.165) is 38.2 Å². The number of fused-ring (bicyclic) bond motifs is 3. The molecule has 0 saturated carbocycles. The lowest BCUT2D eigenvalue weighted by Crippen LogP contribution is -2.62. The third kappa shape index (κ3) is 4.22. The molecule has 0 unspecified atom stereocenters. The van der Waals surface area contributed by atoms with Gasteiger partial charge in [0.25, 0.3) is 5.91 Å². The van der Waals surface area contributed by atoms with Crippen molar-refractivity contribution in [3.63, 3.8) is 0 Å². The molecule has 29 heavy (non-hydrogen) atoms. The standard InChI is InChI=1S/C21H22F3N3O2/c1-13-19(14-7-10-27(13)11-8-14)26-20(28)15-2-4-16(5-3-15)29-17-6-9-25-18(12-17)21(22,23)24/h2-6,9,12-14,19H,7-8,10-11H2,1H3,(H,26,28)/t13-,19-/m0/s1. The van der Waals surface area contributed by atoms with Gasteiger partial charge in [-0.15, -0.1) is 0 Å². The minimum atomic E-state index is -4.53. The van der Waals surface area contributed by atoms with Crippen LogP contribution in [0.25, 0.3) is 0 Å². The maximum Gasteiger partial charge on any atom is 0.433 e. The van der Waals surface area contributed by atoms with Crippen molar-refractivity contribution >= 4 is 5.91 Å². The molecular weight excluding hydrogens is 383 g/mol. The predicted molar refractivity (Wildman–Crippen MR) is 101 cm³/mol. The number of piperidine rings is 3. The molecular formula is C21H22F3N3O2. The van der Waals surface area contributed by atoms with E-state index in [1.807, 2.05) is 0 Å². The predicted octanol–water partition coefficient (Wildman–Crippen LogP) is 4.11. The van der Waals surface area contributed by atoms with Crippen LogP contribution in [0.5, 0.6) is 11.5 Å². The van der Waals surface area contributed by atoms with Crippen molar-refractivity contribution in [1.29, 1.82) is 0 Å². The summed E-state index contributed by atoms with van der Waals surface area (Å²) in [4.78, 5) is 18.4. The fraction of sp³-hybridized carbons (Fsp3) is 0.429. The van der Waals surface area contributed by atoms with E-state index in [9.17, 15) is 18.0 Å². The van der Waals surface area contributed by atoms with Crippen LogP contribution in [-0.2, 0) is 6.18 Å². The van der Waals surface area contributed by atoms with Gasteiger partial charge in [0.1, 0.15) is 17.2 Å². The molecule has 3 saturated heterocycles. The number of nitrogens with zero attached hydrogens (tertiary/aromatic N) is 2. The summed E-state index contributed by atoms with van der Waals surface area (Å²) in [5, 5.41) is 3.15. The van der Waals surface area contributed by atoms with Gasteiger partial charge in [0.2, 0.25) is 0 Å². The first-order valence-corrected chi connectivity index (χ1v) is 9.67. The number of carbonyl (C=O) groups is 1. The lowest BCUT2D eigenvalue weighted by Gasteiger charge is -2.49. The average Bonchev–Trinajstić information content (AvgIpc) is 2.71.